The van der Waals surface area contributed by atoms with Gasteiger partial charge < -0.3 is 9.47 Å². The average Bonchev–Trinajstić information content (AvgIpc) is 3.17. The van der Waals surface area contributed by atoms with Crippen molar-refractivity contribution >= 4 is 28.5 Å². The Labute approximate surface area is 175 Å². The number of hydrogen-bond donors (Lipinski definition) is 1. The summed E-state index contributed by atoms with van der Waals surface area (Å²) < 4.78 is 10.8. The number of amides is 1. The predicted molar refractivity (Wildman–Crippen MR) is 119 cm³/mol. The van der Waals surface area contributed by atoms with Crippen molar-refractivity contribution < 1.29 is 14.3 Å². The first-order chi connectivity index (χ1) is 14.0. The van der Waals surface area contributed by atoms with Gasteiger partial charge >= 0.3 is 0 Å². The number of hydrogen-bond acceptors (Lipinski definition) is 5. The maximum Gasteiger partial charge on any atom is 0.250 e. The van der Waals surface area contributed by atoms with Crippen LogP contribution in [0.1, 0.15) is 23.6 Å². The molecule has 29 heavy (non-hydrogen) atoms. The second kappa shape index (κ2) is 9.39. The molecule has 3 aromatic rings. The fourth-order valence-electron chi connectivity index (χ4n) is 2.85. The zero-order valence-electron chi connectivity index (χ0n) is 17.0. The molecule has 2 aromatic carbocycles. The van der Waals surface area contributed by atoms with Gasteiger partial charge in [0, 0.05) is 17.0 Å². The highest BCUT2D eigenvalue weighted by Crippen LogP contribution is 2.29. The SMILES string of the molecule is CCOc1ccc(/C=C/C(=O)Nc2nc(-c3cc(C)ccc3C)cs2)cc1OC. The number of methoxy groups -OCH3 is 1. The van der Waals surface area contributed by atoms with E-state index in [2.05, 4.69) is 42.3 Å². The van der Waals surface area contributed by atoms with E-state index in [1.54, 1.807) is 13.2 Å². The summed E-state index contributed by atoms with van der Waals surface area (Å²) >= 11 is 1.41. The van der Waals surface area contributed by atoms with Gasteiger partial charge in [-0.1, -0.05) is 23.8 Å². The van der Waals surface area contributed by atoms with Crippen molar-refractivity contribution in [2.75, 3.05) is 19.0 Å². The van der Waals surface area contributed by atoms with Gasteiger partial charge in [-0.3, -0.25) is 10.1 Å². The Hall–Kier alpha value is -3.12. The van der Waals surface area contributed by atoms with E-state index in [1.807, 2.05) is 30.5 Å². The van der Waals surface area contributed by atoms with E-state index in [4.69, 9.17) is 9.47 Å². The molecule has 150 valence electrons. The molecule has 0 atom stereocenters. The minimum absolute atomic E-state index is 0.236. The first-order valence-corrected chi connectivity index (χ1v) is 10.2. The zero-order valence-corrected chi connectivity index (χ0v) is 17.8. The first-order valence-electron chi connectivity index (χ1n) is 9.33. The van der Waals surface area contributed by atoms with Crippen LogP contribution in [-0.4, -0.2) is 24.6 Å². The van der Waals surface area contributed by atoms with Gasteiger partial charge in [-0.05, 0) is 56.2 Å². The molecule has 0 bridgehead atoms. The van der Waals surface area contributed by atoms with Gasteiger partial charge in [-0.2, -0.15) is 0 Å². The fraction of sp³-hybridized carbons (Fsp3) is 0.217. The van der Waals surface area contributed by atoms with Crippen LogP contribution in [0.25, 0.3) is 17.3 Å². The lowest BCUT2D eigenvalue weighted by Gasteiger charge is -2.09. The highest BCUT2D eigenvalue weighted by molar-refractivity contribution is 7.14. The molecular weight excluding hydrogens is 384 g/mol. The van der Waals surface area contributed by atoms with Gasteiger partial charge in [0.15, 0.2) is 16.6 Å². The summed E-state index contributed by atoms with van der Waals surface area (Å²) in [5, 5.41) is 5.35. The standard InChI is InChI=1S/C23H24N2O3S/c1-5-28-20-10-8-17(13-21(20)27-4)9-11-22(26)25-23-24-19(14-29-23)18-12-15(2)6-7-16(18)3/h6-14H,5H2,1-4H3,(H,24,25,26)/b11-9+. The van der Waals surface area contributed by atoms with Gasteiger partial charge in [-0.15, -0.1) is 11.3 Å². The molecule has 3 rings (SSSR count). The highest BCUT2D eigenvalue weighted by atomic mass is 32.1. The van der Waals surface area contributed by atoms with Crippen molar-refractivity contribution in [2.45, 2.75) is 20.8 Å². The summed E-state index contributed by atoms with van der Waals surface area (Å²) in [6.07, 6.45) is 3.21. The summed E-state index contributed by atoms with van der Waals surface area (Å²) in [5.41, 5.74) is 5.13. The molecule has 5 nitrogen and oxygen atoms in total. The van der Waals surface area contributed by atoms with Crippen molar-refractivity contribution in [3.05, 3.63) is 64.5 Å². The van der Waals surface area contributed by atoms with Crippen LogP contribution in [-0.2, 0) is 4.79 Å². The van der Waals surface area contributed by atoms with E-state index in [-0.39, 0.29) is 5.91 Å². The Morgan fingerprint density at radius 3 is 2.76 bits per heavy atom. The lowest BCUT2D eigenvalue weighted by atomic mass is 10.0. The molecule has 0 unspecified atom stereocenters. The van der Waals surface area contributed by atoms with E-state index in [1.165, 1.54) is 23.0 Å². The Kier molecular flexibility index (Phi) is 6.67. The maximum atomic E-state index is 12.3. The summed E-state index contributed by atoms with van der Waals surface area (Å²) in [7, 11) is 1.59. The second-order valence-corrected chi connectivity index (χ2v) is 7.38. The summed E-state index contributed by atoms with van der Waals surface area (Å²) in [6, 6.07) is 11.8. The van der Waals surface area contributed by atoms with Gasteiger partial charge in [0.25, 0.3) is 0 Å². The molecule has 0 spiro atoms. The third-order valence-corrected chi connectivity index (χ3v) is 5.08. The number of benzene rings is 2. The maximum absolute atomic E-state index is 12.3. The van der Waals surface area contributed by atoms with Crippen molar-refractivity contribution in [1.29, 1.82) is 0 Å². The van der Waals surface area contributed by atoms with Crippen molar-refractivity contribution in [3.63, 3.8) is 0 Å². The molecule has 0 aliphatic carbocycles. The lowest BCUT2D eigenvalue weighted by Crippen LogP contribution is -2.07. The van der Waals surface area contributed by atoms with Crippen LogP contribution in [0.2, 0.25) is 0 Å². The topological polar surface area (TPSA) is 60.5 Å². The number of carbonyl (C=O) groups is 1. The molecule has 0 fully saturated rings. The Balaban J connectivity index is 1.68. The van der Waals surface area contributed by atoms with Crippen LogP contribution in [0.5, 0.6) is 11.5 Å². The number of rotatable bonds is 7. The average molecular weight is 409 g/mol. The zero-order chi connectivity index (χ0) is 20.8. The fourth-order valence-corrected chi connectivity index (χ4v) is 3.56. The van der Waals surface area contributed by atoms with Crippen LogP contribution in [0.15, 0.2) is 47.9 Å². The van der Waals surface area contributed by atoms with Crippen LogP contribution >= 0.6 is 11.3 Å². The predicted octanol–water partition coefficient (Wildman–Crippen LogP) is 5.49. The van der Waals surface area contributed by atoms with Gasteiger partial charge in [0.2, 0.25) is 5.91 Å². The normalized spacial score (nSPS) is 10.9. The van der Waals surface area contributed by atoms with Crippen LogP contribution in [0, 0.1) is 13.8 Å². The molecule has 0 aliphatic heterocycles. The Bertz CT molecular complexity index is 1040. The molecule has 0 saturated heterocycles. The number of carbonyl (C=O) groups excluding carboxylic acids is 1. The molecule has 1 amide bonds. The first kappa shape index (κ1) is 20.6. The molecule has 1 heterocycles. The molecule has 6 heteroatoms. The Morgan fingerprint density at radius 2 is 2.00 bits per heavy atom. The number of nitrogens with zero attached hydrogens (tertiary/aromatic N) is 1. The monoisotopic (exact) mass is 408 g/mol. The number of nitrogens with one attached hydrogen (secondary N) is 1. The number of ether oxygens (including phenoxy) is 2. The number of thiazole rings is 1. The molecular formula is C23H24N2O3S. The van der Waals surface area contributed by atoms with Crippen molar-refractivity contribution in [1.82, 2.24) is 4.98 Å². The third-order valence-electron chi connectivity index (χ3n) is 4.32. The number of anilines is 1. The molecule has 0 saturated carbocycles. The number of aromatic nitrogens is 1. The lowest BCUT2D eigenvalue weighted by molar-refractivity contribution is -0.111. The van der Waals surface area contributed by atoms with Gasteiger partial charge in [0.05, 0.1) is 19.4 Å². The minimum atomic E-state index is -0.236. The quantitative estimate of drug-likeness (QED) is 0.526. The molecule has 0 aliphatic rings. The summed E-state index contributed by atoms with van der Waals surface area (Å²) in [6.45, 7) is 6.59. The second-order valence-electron chi connectivity index (χ2n) is 6.52. The van der Waals surface area contributed by atoms with E-state index < -0.39 is 0 Å². The van der Waals surface area contributed by atoms with Crippen LogP contribution in [0.4, 0.5) is 5.13 Å². The largest absolute Gasteiger partial charge is 0.493 e. The van der Waals surface area contributed by atoms with E-state index in [0.717, 1.165) is 22.4 Å². The van der Waals surface area contributed by atoms with Gasteiger partial charge in [0.1, 0.15) is 0 Å². The van der Waals surface area contributed by atoms with E-state index in [9.17, 15) is 4.79 Å². The highest BCUT2D eigenvalue weighted by Gasteiger charge is 2.09. The third kappa shape index (κ3) is 5.23. The minimum Gasteiger partial charge on any atom is -0.493 e. The molecule has 1 N–H and O–H groups in total. The smallest absolute Gasteiger partial charge is 0.250 e. The van der Waals surface area contributed by atoms with E-state index in [0.29, 0.717) is 23.2 Å². The number of aryl methyl sites for hydroxylation is 2. The van der Waals surface area contributed by atoms with Gasteiger partial charge in [-0.25, -0.2) is 4.98 Å². The Morgan fingerprint density at radius 1 is 1.17 bits per heavy atom. The molecule has 1 aromatic heterocycles. The van der Waals surface area contributed by atoms with Crippen LogP contribution < -0.4 is 14.8 Å². The summed E-state index contributed by atoms with van der Waals surface area (Å²) in [4.78, 5) is 16.8. The van der Waals surface area contributed by atoms with Crippen LogP contribution in [0.3, 0.4) is 0 Å². The summed E-state index contributed by atoms with van der Waals surface area (Å²) in [5.74, 6) is 1.07. The van der Waals surface area contributed by atoms with Crippen molar-refractivity contribution in [3.8, 4) is 22.8 Å². The van der Waals surface area contributed by atoms with E-state index >= 15 is 0 Å². The van der Waals surface area contributed by atoms with Crippen molar-refractivity contribution in [2.24, 2.45) is 0 Å². The molecule has 0 radical (unpaired) electrons.